The molecule has 6 rings (SSSR count). The molecule has 0 heterocycles. The van der Waals surface area contributed by atoms with Gasteiger partial charge in [0.15, 0.2) is 7.14 Å². The number of carbonyl (C=O) groups excluding carboxylic acids is 1. The molecule has 0 unspecified atom stereocenters. The second-order valence-corrected chi connectivity index (χ2v) is 15.2. The summed E-state index contributed by atoms with van der Waals surface area (Å²) in [4.78, 5) is 12.5. The Hall–Kier alpha value is -2.52. The number of aromatic hydroxyl groups is 1. The van der Waals surface area contributed by atoms with Gasteiger partial charge < -0.3 is 19.1 Å². The van der Waals surface area contributed by atoms with Crippen LogP contribution in [0, 0.1) is 17.8 Å². The molecule has 4 bridgehead atoms. The van der Waals surface area contributed by atoms with Crippen molar-refractivity contribution in [2.24, 2.45) is 17.8 Å². The van der Waals surface area contributed by atoms with Gasteiger partial charge in [-0.15, -0.1) is 0 Å². The molecular weight excluding hydrogens is 471 g/mol. The average molecular weight is 509 g/mol. The third-order valence-electron chi connectivity index (χ3n) is 8.19. The number of hydrogen-bond acceptors (Lipinski definition) is 5. The Kier molecular flexibility index (Phi) is 6.35. The highest BCUT2D eigenvalue weighted by Gasteiger charge is 2.61. The molecule has 1 N–H and O–H groups in total. The lowest BCUT2D eigenvalue weighted by molar-refractivity contribution is -0.150. The Bertz CT molecular complexity index is 1190. The van der Waals surface area contributed by atoms with Gasteiger partial charge in [-0.3, -0.25) is 0 Å². The minimum absolute atomic E-state index is 0.0619. The van der Waals surface area contributed by atoms with Gasteiger partial charge in [-0.05, 0) is 101 Å². The Morgan fingerprint density at radius 2 is 1.50 bits per heavy atom. The zero-order valence-electron chi connectivity index (χ0n) is 21.5. The van der Waals surface area contributed by atoms with Gasteiger partial charge in [-0.25, -0.2) is 4.79 Å². The largest absolute Gasteiger partial charge is 0.507 e. The number of rotatable bonds is 7. The van der Waals surface area contributed by atoms with Crippen LogP contribution in [0.15, 0.2) is 60.7 Å². The summed E-state index contributed by atoms with van der Waals surface area (Å²) in [7, 11) is -3.34. The third kappa shape index (κ3) is 4.41. The molecule has 0 spiro atoms. The highest BCUT2D eigenvalue weighted by Crippen LogP contribution is 2.72. The zero-order chi connectivity index (χ0) is 25.7. The summed E-state index contributed by atoms with van der Waals surface area (Å²) in [6, 6.07) is 14.5. The van der Waals surface area contributed by atoms with Crippen molar-refractivity contribution in [3.63, 3.8) is 0 Å². The zero-order valence-corrected chi connectivity index (χ0v) is 22.4. The molecular formula is C30H37O5P. The summed E-state index contributed by atoms with van der Waals surface area (Å²) in [5, 5.41) is 11.8. The van der Waals surface area contributed by atoms with Crippen molar-refractivity contribution in [1.82, 2.24) is 0 Å². The summed E-state index contributed by atoms with van der Waals surface area (Å²) in [6.45, 7) is 9.23. The molecule has 0 saturated heterocycles. The van der Waals surface area contributed by atoms with E-state index >= 15 is 4.57 Å². The first-order chi connectivity index (χ1) is 17.0. The van der Waals surface area contributed by atoms with E-state index in [4.69, 9.17) is 9.47 Å². The summed E-state index contributed by atoms with van der Waals surface area (Å²) in [5.41, 5.74) is -0.427. The summed E-state index contributed by atoms with van der Waals surface area (Å²) in [6.07, 6.45) is 6.45. The summed E-state index contributed by atoms with van der Waals surface area (Å²) in [5.74, 6) is 1.82. The predicted molar refractivity (Wildman–Crippen MR) is 143 cm³/mol. The third-order valence-corrected chi connectivity index (χ3v) is 12.2. The molecule has 6 heteroatoms. The van der Waals surface area contributed by atoms with E-state index in [-0.39, 0.29) is 23.1 Å². The molecule has 0 aromatic heterocycles. The maximum Gasteiger partial charge on any atom is 0.337 e. The standard InChI is InChI=1S/C30H37O5P/c1-20(28(32)35-29(2,3)4)19-34-25-10-6-8-12-27(25)36(33,26-11-7-5-9-24(26)31)30-16-21-13-22(17-30)15-23(14-21)18-30/h5-12,21-23,31H,1,13-19H2,2-4H3/t21?,22?,23?,30?,36-/m1/s1. The molecule has 0 radical (unpaired) electrons. The Morgan fingerprint density at radius 1 is 0.972 bits per heavy atom. The van der Waals surface area contributed by atoms with Crippen LogP contribution in [0.3, 0.4) is 0 Å². The van der Waals surface area contributed by atoms with Crippen LogP contribution in [0.5, 0.6) is 11.5 Å². The van der Waals surface area contributed by atoms with Crippen molar-refractivity contribution < 1.29 is 23.9 Å². The molecule has 1 atom stereocenters. The van der Waals surface area contributed by atoms with Crippen LogP contribution in [0.2, 0.25) is 0 Å². The van der Waals surface area contributed by atoms with Crippen molar-refractivity contribution in [1.29, 1.82) is 0 Å². The van der Waals surface area contributed by atoms with Crippen molar-refractivity contribution in [3.05, 3.63) is 60.7 Å². The fraction of sp³-hybridized carbons (Fsp3) is 0.500. The van der Waals surface area contributed by atoms with Crippen molar-refractivity contribution in [2.75, 3.05) is 6.61 Å². The summed E-state index contributed by atoms with van der Waals surface area (Å²) >= 11 is 0. The second-order valence-electron chi connectivity index (χ2n) is 12.1. The highest BCUT2D eigenvalue weighted by atomic mass is 31.2. The Balaban J connectivity index is 1.55. The van der Waals surface area contributed by atoms with Crippen molar-refractivity contribution >= 4 is 23.7 Å². The van der Waals surface area contributed by atoms with E-state index in [0.29, 0.717) is 34.1 Å². The maximum atomic E-state index is 15.7. The highest BCUT2D eigenvalue weighted by molar-refractivity contribution is 7.80. The van der Waals surface area contributed by atoms with E-state index in [0.717, 1.165) is 19.3 Å². The van der Waals surface area contributed by atoms with Crippen LogP contribution >= 0.6 is 7.14 Å². The van der Waals surface area contributed by atoms with E-state index in [1.165, 1.54) is 19.3 Å². The molecule has 0 aliphatic heterocycles. The van der Waals surface area contributed by atoms with E-state index in [2.05, 4.69) is 6.58 Å². The van der Waals surface area contributed by atoms with Gasteiger partial charge in [0.25, 0.3) is 0 Å². The van der Waals surface area contributed by atoms with E-state index < -0.39 is 18.7 Å². The lowest BCUT2D eigenvalue weighted by Crippen LogP contribution is -2.53. The second kappa shape index (κ2) is 9.10. The molecule has 4 fully saturated rings. The van der Waals surface area contributed by atoms with Crippen molar-refractivity contribution in [2.45, 2.75) is 70.1 Å². The average Bonchev–Trinajstić information content (AvgIpc) is 2.80. The van der Waals surface area contributed by atoms with Crippen LogP contribution in [-0.4, -0.2) is 28.4 Å². The first-order valence-corrected chi connectivity index (χ1v) is 14.7. The Labute approximate surface area is 214 Å². The summed E-state index contributed by atoms with van der Waals surface area (Å²) < 4.78 is 27.3. The minimum Gasteiger partial charge on any atom is -0.507 e. The van der Waals surface area contributed by atoms with Gasteiger partial charge in [0, 0.05) is 5.16 Å². The number of para-hydroxylation sites is 2. The lowest BCUT2D eigenvalue weighted by Gasteiger charge is -2.59. The molecule has 4 aliphatic carbocycles. The smallest absolute Gasteiger partial charge is 0.337 e. The molecule has 0 amide bonds. The normalized spacial score (nSPS) is 28.4. The number of benzene rings is 2. The fourth-order valence-corrected chi connectivity index (χ4v) is 11.5. The topological polar surface area (TPSA) is 72.8 Å². The predicted octanol–water partition coefficient (Wildman–Crippen LogP) is 5.95. The molecule has 4 saturated carbocycles. The number of esters is 1. The molecule has 2 aromatic rings. The van der Waals surface area contributed by atoms with Crippen LogP contribution in [0.4, 0.5) is 0 Å². The van der Waals surface area contributed by atoms with E-state index in [9.17, 15) is 9.90 Å². The van der Waals surface area contributed by atoms with Gasteiger partial charge in [-0.2, -0.15) is 0 Å². The van der Waals surface area contributed by atoms with Gasteiger partial charge in [-0.1, -0.05) is 30.8 Å². The Morgan fingerprint density at radius 3 is 2.06 bits per heavy atom. The number of ether oxygens (including phenoxy) is 2. The quantitative estimate of drug-likeness (QED) is 0.284. The SMILES string of the molecule is C=C(COc1ccccc1[P@](=O)(c1ccccc1O)C12CC3CC(CC(C3)C1)C2)C(=O)OC(C)(C)C. The minimum atomic E-state index is -3.34. The van der Waals surface area contributed by atoms with E-state index in [1.54, 1.807) is 12.1 Å². The first-order valence-electron chi connectivity index (χ1n) is 13.0. The number of phenols is 1. The van der Waals surface area contributed by atoms with Crippen LogP contribution in [0.25, 0.3) is 0 Å². The fourth-order valence-electron chi connectivity index (χ4n) is 7.24. The maximum absolute atomic E-state index is 15.7. The number of hydrogen-bond donors (Lipinski definition) is 1. The number of carbonyl (C=O) groups is 1. The molecule has 2 aromatic carbocycles. The molecule has 5 nitrogen and oxygen atoms in total. The number of phenolic OH excluding ortho intramolecular Hbond substituents is 1. The van der Waals surface area contributed by atoms with Gasteiger partial charge in [0.05, 0.1) is 16.2 Å². The van der Waals surface area contributed by atoms with Crippen LogP contribution < -0.4 is 15.3 Å². The molecule has 4 aliphatic rings. The monoisotopic (exact) mass is 508 g/mol. The lowest BCUT2D eigenvalue weighted by atomic mass is 9.56. The van der Waals surface area contributed by atoms with Crippen LogP contribution in [-0.2, 0) is 14.1 Å². The first kappa shape index (κ1) is 25.1. The van der Waals surface area contributed by atoms with E-state index in [1.807, 2.05) is 57.2 Å². The van der Waals surface area contributed by atoms with Gasteiger partial charge in [0.1, 0.15) is 23.7 Å². The molecule has 192 valence electrons. The van der Waals surface area contributed by atoms with Gasteiger partial charge in [0.2, 0.25) is 0 Å². The van der Waals surface area contributed by atoms with Crippen LogP contribution in [0.1, 0.15) is 59.3 Å². The van der Waals surface area contributed by atoms with Crippen molar-refractivity contribution in [3.8, 4) is 11.5 Å². The molecule has 36 heavy (non-hydrogen) atoms. The van der Waals surface area contributed by atoms with Gasteiger partial charge >= 0.3 is 5.97 Å².